The van der Waals surface area contributed by atoms with Gasteiger partial charge in [-0.25, -0.2) is 4.79 Å². The summed E-state index contributed by atoms with van der Waals surface area (Å²) in [6.07, 6.45) is 5.64. The lowest BCUT2D eigenvalue weighted by Crippen LogP contribution is -2.59. The van der Waals surface area contributed by atoms with Crippen molar-refractivity contribution < 1.29 is 61.8 Å². The molecule has 360 valence electrons. The van der Waals surface area contributed by atoms with E-state index < -0.39 is 54.8 Å². The van der Waals surface area contributed by atoms with Crippen molar-refractivity contribution in [1.82, 2.24) is 4.90 Å². The molecule has 7 aliphatic rings. The number of fused-ring (bicyclic) bond motifs is 8. The highest BCUT2D eigenvalue weighted by molar-refractivity contribution is 6.17. The van der Waals surface area contributed by atoms with E-state index in [2.05, 4.69) is 38.1 Å². The molecule has 3 saturated heterocycles. The number of ketones is 1. The molecule has 19 atom stereocenters. The highest BCUT2D eigenvalue weighted by Gasteiger charge is 2.62. The largest absolute Gasteiger partial charge is 0.497 e. The third-order valence-electron chi connectivity index (χ3n) is 16.1. The number of hydrogen-bond donors (Lipinski definition) is 0. The molecule has 0 bridgehead atoms. The van der Waals surface area contributed by atoms with Crippen LogP contribution in [0.2, 0.25) is 0 Å². The summed E-state index contributed by atoms with van der Waals surface area (Å²) in [5.41, 5.74) is 1.84. The van der Waals surface area contributed by atoms with Gasteiger partial charge in [0.05, 0.1) is 43.5 Å². The van der Waals surface area contributed by atoms with E-state index in [0.717, 1.165) is 24.8 Å². The Morgan fingerprint density at radius 3 is 2.11 bits per heavy atom. The van der Waals surface area contributed by atoms with Gasteiger partial charge in [-0.15, -0.1) is 0 Å². The smallest absolute Gasteiger partial charge is 0.338 e. The van der Waals surface area contributed by atoms with Crippen LogP contribution >= 0.6 is 0 Å². The van der Waals surface area contributed by atoms with Gasteiger partial charge in [0.25, 0.3) is 0 Å². The fraction of sp³-hybridized carbons (Fsp3) is 0.745. The molecule has 0 spiro atoms. The van der Waals surface area contributed by atoms with E-state index in [1.54, 1.807) is 28.4 Å². The summed E-state index contributed by atoms with van der Waals surface area (Å²) in [6, 6.07) is 7.72. The molecule has 2 saturated carbocycles. The fourth-order valence-corrected chi connectivity index (χ4v) is 12.8. The van der Waals surface area contributed by atoms with Crippen molar-refractivity contribution in [3.8, 4) is 5.75 Å². The summed E-state index contributed by atoms with van der Waals surface area (Å²) in [7, 11) is 10.7. The van der Waals surface area contributed by atoms with Crippen molar-refractivity contribution in [2.24, 2.45) is 41.4 Å². The first-order valence-corrected chi connectivity index (χ1v) is 24.2. The van der Waals surface area contributed by atoms with Crippen molar-refractivity contribution in [1.29, 1.82) is 0 Å². The number of esters is 2. The van der Waals surface area contributed by atoms with Crippen LogP contribution in [0.25, 0.3) is 5.57 Å². The second-order valence-corrected chi connectivity index (χ2v) is 19.9. The number of carbonyl (C=O) groups is 3. The number of benzene rings is 1. The second kappa shape index (κ2) is 20.6. The Morgan fingerprint density at radius 1 is 0.754 bits per heavy atom. The number of cyclic esters (lactones) is 1. The number of likely N-dealkylation sites (N-methyl/N-ethyl adjacent to an activating group) is 1. The highest BCUT2D eigenvalue weighted by atomic mass is 16.7. The molecule has 0 amide bonds. The number of methoxy groups -OCH3 is 4. The summed E-state index contributed by atoms with van der Waals surface area (Å²) in [6.45, 7) is 8.04. The Labute approximate surface area is 385 Å². The molecular formula is C51H73NO13. The predicted octanol–water partition coefficient (Wildman–Crippen LogP) is 6.57. The van der Waals surface area contributed by atoms with Crippen molar-refractivity contribution in [2.45, 2.75) is 159 Å². The van der Waals surface area contributed by atoms with Crippen LogP contribution in [0.15, 0.2) is 42.0 Å². The van der Waals surface area contributed by atoms with Crippen molar-refractivity contribution >= 4 is 23.3 Å². The molecule has 0 radical (unpaired) electrons. The maximum Gasteiger partial charge on any atom is 0.338 e. The van der Waals surface area contributed by atoms with Crippen LogP contribution in [0.4, 0.5) is 0 Å². The molecule has 4 heterocycles. The van der Waals surface area contributed by atoms with Crippen molar-refractivity contribution in [2.75, 3.05) is 42.5 Å². The third-order valence-corrected chi connectivity index (χ3v) is 16.1. The lowest BCUT2D eigenvalue weighted by molar-refractivity contribution is -0.314. The Morgan fingerprint density at radius 2 is 1.46 bits per heavy atom. The topological polar surface area (TPSA) is 147 Å². The summed E-state index contributed by atoms with van der Waals surface area (Å²) in [4.78, 5) is 45.8. The summed E-state index contributed by atoms with van der Waals surface area (Å²) < 4.78 is 62.6. The molecule has 1 aromatic rings. The zero-order chi connectivity index (χ0) is 46.3. The lowest BCUT2D eigenvalue weighted by atomic mass is 9.59. The Balaban J connectivity index is 1.14. The zero-order valence-electron chi connectivity index (χ0n) is 40.1. The van der Waals surface area contributed by atoms with Crippen LogP contribution in [-0.4, -0.2) is 139 Å². The van der Waals surface area contributed by atoms with Gasteiger partial charge in [-0.3, -0.25) is 9.59 Å². The first-order valence-electron chi connectivity index (χ1n) is 24.2. The van der Waals surface area contributed by atoms with Crippen LogP contribution in [0.5, 0.6) is 5.75 Å². The first-order chi connectivity index (χ1) is 31.3. The van der Waals surface area contributed by atoms with E-state index in [9.17, 15) is 9.59 Å². The van der Waals surface area contributed by atoms with Crippen LogP contribution in [0.3, 0.4) is 0 Å². The van der Waals surface area contributed by atoms with Crippen LogP contribution < -0.4 is 4.74 Å². The standard InChI is InChI=1S/C51H73NO13/c1-11-30-13-12-14-41(64-43-20-19-40(52(5)6)27(3)60-43)26(2)45(54)38-24-36-34-21-32(63-51-49(59-10)48(58-9)46(57-8)28(4)61-51)22-35(34)39-23-33(29-15-17-31(56-7)18-16-29)50(55)65-47(39)44(36)37(38)25-42(53)62-30/h15-18,23-24,26-28,30,32,34-37,39-41,43-44,46-49,51H,11-14,19-22,25H2,1-10H3/t26-,27-,28+,30+,32+,34-,35-,36+,37-,39?,40+,41+,43+,44-,46+,47?,48-,49-,51+/m1/s1. The van der Waals surface area contributed by atoms with E-state index >= 15 is 4.79 Å². The molecular weight excluding hydrogens is 835 g/mol. The molecule has 14 heteroatoms. The SMILES string of the molecule is CC[C@H]1CCC[C@H](O[C@H]2CC[C@H](N(C)C)[C@@H](C)O2)[C@@H](C)C(=O)C2=C[C@H]3[C@@H]4C[C@H](O[C@@H]5O[C@@H](C)[C@H](OC)[C@@H](OC)[C@H]5OC)C[C@H]4C4C=C(c5ccc(OC)cc5)C(=O)OC4[C@H]3[C@@H]2CC(=O)O1. The number of ether oxygens (including phenoxy) is 10. The molecule has 0 N–H and O–H groups in total. The van der Waals surface area contributed by atoms with Crippen molar-refractivity contribution in [3.05, 3.63) is 47.6 Å². The van der Waals surface area contributed by atoms with E-state index in [4.69, 9.17) is 47.4 Å². The van der Waals surface area contributed by atoms with Gasteiger partial charge >= 0.3 is 11.9 Å². The number of hydrogen-bond acceptors (Lipinski definition) is 14. The van der Waals surface area contributed by atoms with Crippen LogP contribution in [0, 0.1) is 41.4 Å². The van der Waals surface area contributed by atoms with Crippen LogP contribution in [-0.2, 0) is 57.0 Å². The molecule has 14 nitrogen and oxygen atoms in total. The number of carbonyl (C=O) groups excluding carboxylic acids is 3. The zero-order valence-corrected chi connectivity index (χ0v) is 40.1. The molecule has 5 fully saturated rings. The predicted molar refractivity (Wildman–Crippen MR) is 239 cm³/mol. The van der Waals surface area contributed by atoms with E-state index in [1.807, 2.05) is 45.0 Å². The number of allylic oxidation sites excluding steroid dienone is 2. The first kappa shape index (κ1) is 48.3. The number of rotatable bonds is 11. The highest BCUT2D eigenvalue weighted by Crippen LogP contribution is 2.61. The average Bonchev–Trinajstić information content (AvgIpc) is 3.89. The summed E-state index contributed by atoms with van der Waals surface area (Å²) in [5.74, 6) is -1.82. The minimum atomic E-state index is -0.722. The quantitative estimate of drug-likeness (QED) is 0.221. The van der Waals surface area contributed by atoms with E-state index in [0.29, 0.717) is 49.0 Å². The van der Waals surface area contributed by atoms with Gasteiger partial charge < -0.3 is 52.3 Å². The monoisotopic (exact) mass is 908 g/mol. The molecule has 4 aliphatic heterocycles. The summed E-state index contributed by atoms with van der Waals surface area (Å²) in [5, 5.41) is 0. The van der Waals surface area contributed by atoms with Gasteiger partial charge in [-0.05, 0) is 120 Å². The summed E-state index contributed by atoms with van der Waals surface area (Å²) >= 11 is 0. The second-order valence-electron chi connectivity index (χ2n) is 19.9. The Kier molecular flexibility index (Phi) is 15.3. The normalized spacial score (nSPS) is 42.3. The Bertz CT molecular complexity index is 1900. The van der Waals surface area contributed by atoms with E-state index in [-0.39, 0.29) is 84.3 Å². The van der Waals surface area contributed by atoms with E-state index in [1.165, 1.54) is 0 Å². The van der Waals surface area contributed by atoms with Gasteiger partial charge in [-0.2, -0.15) is 0 Å². The maximum absolute atomic E-state index is 15.3. The van der Waals surface area contributed by atoms with Crippen molar-refractivity contribution in [3.63, 3.8) is 0 Å². The lowest BCUT2D eigenvalue weighted by Gasteiger charge is -2.49. The molecule has 0 aromatic heterocycles. The van der Waals surface area contributed by atoms with Gasteiger partial charge in [0, 0.05) is 51.0 Å². The molecule has 1 aromatic carbocycles. The average molecular weight is 908 g/mol. The maximum atomic E-state index is 15.3. The minimum absolute atomic E-state index is 0.0121. The Hall–Kier alpha value is -3.21. The minimum Gasteiger partial charge on any atom is -0.497 e. The van der Waals surface area contributed by atoms with Gasteiger partial charge in [0.2, 0.25) is 0 Å². The van der Waals surface area contributed by atoms with Gasteiger partial charge in [-0.1, -0.05) is 38.1 Å². The molecule has 2 unspecified atom stereocenters. The number of nitrogens with zero attached hydrogens (tertiary/aromatic N) is 1. The molecule has 8 rings (SSSR count). The molecule has 3 aliphatic carbocycles. The molecule has 65 heavy (non-hydrogen) atoms. The van der Waals surface area contributed by atoms with Gasteiger partial charge in [0.15, 0.2) is 18.4 Å². The van der Waals surface area contributed by atoms with Crippen LogP contribution in [0.1, 0.15) is 91.0 Å². The number of Topliss-reactive ketones (excluding diaryl/α,β-unsaturated/α-hetero) is 1. The van der Waals surface area contributed by atoms with Gasteiger partial charge in [0.1, 0.15) is 36.3 Å². The third kappa shape index (κ3) is 9.62. The fourth-order valence-electron chi connectivity index (χ4n) is 12.8.